The molecule has 0 fully saturated rings. The van der Waals surface area contributed by atoms with Crippen molar-refractivity contribution in [2.24, 2.45) is 7.05 Å². The molecular weight excluding hydrogens is 463 g/mol. The second-order valence-electron chi connectivity index (χ2n) is 7.94. The molecule has 1 N–H and O–H groups in total. The van der Waals surface area contributed by atoms with E-state index in [2.05, 4.69) is 15.4 Å². The normalized spacial score (nSPS) is 11.1. The van der Waals surface area contributed by atoms with Crippen LogP contribution in [0.5, 0.6) is 0 Å². The number of nitrogens with one attached hydrogen (secondary N) is 1. The summed E-state index contributed by atoms with van der Waals surface area (Å²) in [6, 6.07) is 6.60. The zero-order chi connectivity index (χ0) is 25.3. The molecule has 0 bridgehead atoms. The number of benzene rings is 1. The van der Waals surface area contributed by atoms with Crippen molar-refractivity contribution in [2.45, 2.75) is 20.3 Å². The minimum atomic E-state index is -1.69. The minimum Gasteiger partial charge on any atom is -0.463 e. The lowest BCUT2D eigenvalue weighted by atomic mass is 10.1. The molecule has 0 radical (unpaired) electrons. The van der Waals surface area contributed by atoms with Gasteiger partial charge >= 0.3 is 0 Å². The first kappa shape index (κ1) is 24.0. The number of carbonyl (C=O) groups excluding carboxylic acids is 2. The first-order valence-corrected chi connectivity index (χ1v) is 10.8. The molecule has 3 heterocycles. The Morgan fingerprint density at radius 3 is 2.63 bits per heavy atom. The van der Waals surface area contributed by atoms with Gasteiger partial charge in [0.1, 0.15) is 12.2 Å². The standard InChI is InChI=1S/C24H22F3N5O3/c1-4-9-32(12-19(33)28-16-8-7-15(25)21(26)22(16)27)24(34)14-11-17(18-6-5-10-35-18)29-23-20(14)13(2)30-31(23)3/h5-8,10-11H,4,9,12H2,1-3H3,(H,28,33). The Hall–Kier alpha value is -4.15. The molecule has 0 aliphatic heterocycles. The van der Waals surface area contributed by atoms with Crippen molar-refractivity contribution >= 4 is 28.5 Å². The number of nitrogens with zero attached hydrogens (tertiary/aromatic N) is 4. The summed E-state index contributed by atoms with van der Waals surface area (Å²) in [5.41, 5.74) is 1.21. The molecule has 35 heavy (non-hydrogen) atoms. The van der Waals surface area contributed by atoms with Gasteiger partial charge in [0.05, 0.1) is 28.6 Å². The van der Waals surface area contributed by atoms with E-state index in [0.29, 0.717) is 40.7 Å². The topological polar surface area (TPSA) is 93.3 Å². The monoisotopic (exact) mass is 485 g/mol. The van der Waals surface area contributed by atoms with Crippen molar-refractivity contribution in [2.75, 3.05) is 18.4 Å². The van der Waals surface area contributed by atoms with E-state index < -0.39 is 41.5 Å². The number of hydrogen-bond acceptors (Lipinski definition) is 5. The summed E-state index contributed by atoms with van der Waals surface area (Å²) in [5, 5.41) is 7.10. The highest BCUT2D eigenvalue weighted by atomic mass is 19.2. The van der Waals surface area contributed by atoms with Gasteiger partial charge in [0.25, 0.3) is 5.91 Å². The van der Waals surface area contributed by atoms with Crippen molar-refractivity contribution < 1.29 is 27.2 Å². The molecule has 3 aromatic heterocycles. The largest absolute Gasteiger partial charge is 0.463 e. The van der Waals surface area contributed by atoms with Gasteiger partial charge in [0.2, 0.25) is 5.91 Å². The average molecular weight is 485 g/mol. The molecule has 0 spiro atoms. The molecule has 0 aliphatic carbocycles. The second-order valence-corrected chi connectivity index (χ2v) is 7.94. The highest BCUT2D eigenvalue weighted by Crippen LogP contribution is 2.28. The smallest absolute Gasteiger partial charge is 0.255 e. The Morgan fingerprint density at radius 2 is 1.94 bits per heavy atom. The Labute approximate surface area is 198 Å². The minimum absolute atomic E-state index is 0.214. The van der Waals surface area contributed by atoms with E-state index >= 15 is 0 Å². The molecule has 4 aromatic rings. The molecule has 0 saturated carbocycles. The highest BCUT2D eigenvalue weighted by molar-refractivity contribution is 6.08. The predicted molar refractivity (Wildman–Crippen MR) is 122 cm³/mol. The van der Waals surface area contributed by atoms with E-state index in [0.717, 1.165) is 6.07 Å². The number of halogens is 3. The number of rotatable bonds is 7. The SMILES string of the molecule is CCCN(CC(=O)Nc1ccc(F)c(F)c1F)C(=O)c1cc(-c2ccco2)nc2c1c(C)nn2C. The summed E-state index contributed by atoms with van der Waals surface area (Å²) in [5.74, 6) is -5.37. The van der Waals surface area contributed by atoms with Crippen LogP contribution < -0.4 is 5.32 Å². The Morgan fingerprint density at radius 1 is 1.17 bits per heavy atom. The van der Waals surface area contributed by atoms with Crippen LogP contribution in [0.3, 0.4) is 0 Å². The van der Waals surface area contributed by atoms with Crippen LogP contribution in [0.15, 0.2) is 41.0 Å². The third kappa shape index (κ3) is 4.61. The zero-order valence-corrected chi connectivity index (χ0v) is 19.2. The van der Waals surface area contributed by atoms with Crippen molar-refractivity contribution in [1.29, 1.82) is 0 Å². The van der Waals surface area contributed by atoms with Crippen LogP contribution in [0.25, 0.3) is 22.5 Å². The molecule has 8 nitrogen and oxygen atoms in total. The Kier molecular flexibility index (Phi) is 6.59. The van der Waals surface area contributed by atoms with Crippen LogP contribution in [-0.2, 0) is 11.8 Å². The van der Waals surface area contributed by atoms with Gasteiger partial charge in [-0.05, 0) is 43.7 Å². The summed E-state index contributed by atoms with van der Waals surface area (Å²) in [6.07, 6.45) is 2.02. The van der Waals surface area contributed by atoms with Crippen molar-refractivity contribution in [3.63, 3.8) is 0 Å². The van der Waals surface area contributed by atoms with Crippen LogP contribution in [0, 0.1) is 24.4 Å². The van der Waals surface area contributed by atoms with Gasteiger partial charge < -0.3 is 14.6 Å². The summed E-state index contributed by atoms with van der Waals surface area (Å²) >= 11 is 0. The van der Waals surface area contributed by atoms with E-state index in [4.69, 9.17) is 4.42 Å². The first-order chi connectivity index (χ1) is 16.7. The van der Waals surface area contributed by atoms with Gasteiger partial charge in [-0.3, -0.25) is 14.3 Å². The maximum Gasteiger partial charge on any atom is 0.255 e. The quantitative estimate of drug-likeness (QED) is 0.391. The van der Waals surface area contributed by atoms with E-state index in [1.54, 1.807) is 36.9 Å². The fourth-order valence-electron chi connectivity index (χ4n) is 3.84. The predicted octanol–water partition coefficient (Wildman–Crippen LogP) is 4.44. The van der Waals surface area contributed by atoms with Crippen LogP contribution in [0.1, 0.15) is 29.4 Å². The van der Waals surface area contributed by atoms with Gasteiger partial charge in [-0.15, -0.1) is 0 Å². The van der Waals surface area contributed by atoms with Crippen LogP contribution >= 0.6 is 0 Å². The van der Waals surface area contributed by atoms with Crippen LogP contribution in [-0.4, -0.2) is 44.6 Å². The maximum absolute atomic E-state index is 14.0. The lowest BCUT2D eigenvalue weighted by Gasteiger charge is -2.22. The molecule has 182 valence electrons. The van der Waals surface area contributed by atoms with Gasteiger partial charge in [-0.1, -0.05) is 6.92 Å². The summed E-state index contributed by atoms with van der Waals surface area (Å²) in [7, 11) is 1.70. The molecule has 0 aliphatic rings. The number of amides is 2. The maximum atomic E-state index is 14.0. The number of fused-ring (bicyclic) bond motifs is 1. The van der Waals surface area contributed by atoms with E-state index in [1.807, 2.05) is 6.92 Å². The molecule has 0 atom stereocenters. The second kappa shape index (κ2) is 9.61. The molecule has 0 unspecified atom stereocenters. The van der Waals surface area contributed by atoms with E-state index in [1.165, 1.54) is 11.2 Å². The summed E-state index contributed by atoms with van der Waals surface area (Å²) < 4.78 is 47.7. The number of carbonyl (C=O) groups is 2. The zero-order valence-electron chi connectivity index (χ0n) is 19.2. The van der Waals surface area contributed by atoms with Gasteiger partial charge in [-0.2, -0.15) is 5.10 Å². The lowest BCUT2D eigenvalue weighted by molar-refractivity contribution is -0.116. The highest BCUT2D eigenvalue weighted by Gasteiger charge is 2.25. The number of hydrogen-bond donors (Lipinski definition) is 1. The summed E-state index contributed by atoms with van der Waals surface area (Å²) in [4.78, 5) is 32.2. The number of pyridine rings is 1. The van der Waals surface area contributed by atoms with Crippen LogP contribution in [0.4, 0.5) is 18.9 Å². The molecular formula is C24H22F3N5O3. The Balaban J connectivity index is 1.68. The molecule has 1 aromatic carbocycles. The Bertz CT molecular complexity index is 1420. The van der Waals surface area contributed by atoms with Gasteiger partial charge in [0.15, 0.2) is 28.9 Å². The van der Waals surface area contributed by atoms with Gasteiger partial charge in [-0.25, -0.2) is 18.2 Å². The molecule has 4 rings (SSSR count). The number of aromatic nitrogens is 3. The van der Waals surface area contributed by atoms with E-state index in [-0.39, 0.29) is 12.1 Å². The number of furan rings is 1. The number of aryl methyl sites for hydroxylation is 2. The summed E-state index contributed by atoms with van der Waals surface area (Å²) in [6.45, 7) is 3.35. The van der Waals surface area contributed by atoms with Gasteiger partial charge in [0, 0.05) is 13.6 Å². The van der Waals surface area contributed by atoms with Crippen molar-refractivity contribution in [3.05, 3.63) is 65.3 Å². The fourth-order valence-corrected chi connectivity index (χ4v) is 3.84. The fraction of sp³-hybridized carbons (Fsp3) is 0.250. The third-order valence-electron chi connectivity index (χ3n) is 5.40. The van der Waals surface area contributed by atoms with E-state index in [9.17, 15) is 22.8 Å². The lowest BCUT2D eigenvalue weighted by Crippen LogP contribution is -2.38. The van der Waals surface area contributed by atoms with Crippen molar-refractivity contribution in [1.82, 2.24) is 19.7 Å². The average Bonchev–Trinajstić information content (AvgIpc) is 3.47. The molecule has 0 saturated heterocycles. The number of anilines is 1. The molecule has 2 amide bonds. The third-order valence-corrected chi connectivity index (χ3v) is 5.40. The van der Waals surface area contributed by atoms with Crippen LogP contribution in [0.2, 0.25) is 0 Å². The molecule has 11 heteroatoms. The first-order valence-electron chi connectivity index (χ1n) is 10.8. The van der Waals surface area contributed by atoms with Crippen molar-refractivity contribution in [3.8, 4) is 11.5 Å².